The number of carbonyl (C=O) groups is 1. The van der Waals surface area contributed by atoms with Crippen molar-refractivity contribution in [2.24, 2.45) is 0 Å². The van der Waals surface area contributed by atoms with Crippen LogP contribution in [0.15, 0.2) is 91.4 Å². The smallest absolute Gasteiger partial charge is 0.272 e. The molecule has 0 radical (unpaired) electrons. The molecular formula is C40H37Cl2N7O. The normalized spacial score (nSPS) is 18.0. The maximum Gasteiger partial charge on any atom is 0.272 e. The number of aromatic amines is 1. The van der Waals surface area contributed by atoms with Crippen LogP contribution < -0.4 is 10.2 Å². The molecule has 0 bridgehead atoms. The molecular weight excluding hydrogens is 665 g/mol. The van der Waals surface area contributed by atoms with Gasteiger partial charge in [0, 0.05) is 70.5 Å². The Morgan fingerprint density at radius 3 is 2.40 bits per heavy atom. The highest BCUT2D eigenvalue weighted by Crippen LogP contribution is 2.50. The predicted octanol–water partition coefficient (Wildman–Crippen LogP) is 9.06. The number of nitrogens with one attached hydrogen (secondary N) is 2. The van der Waals surface area contributed by atoms with Crippen LogP contribution in [0.1, 0.15) is 59.8 Å². The van der Waals surface area contributed by atoms with Crippen LogP contribution in [-0.2, 0) is 0 Å². The Bertz CT molecular complexity index is 2200. The Hall–Kier alpha value is -4.63. The van der Waals surface area contributed by atoms with E-state index in [2.05, 4.69) is 36.8 Å². The van der Waals surface area contributed by atoms with Crippen molar-refractivity contribution < 1.29 is 4.79 Å². The molecule has 252 valence electrons. The fraction of sp³-hybridized carbons (Fsp3) is 0.275. The third-order valence-electron chi connectivity index (χ3n) is 10.7. The SMILES string of the molecule is O=C(Nc1cccnc1N1CCN(C2CCCCC2)CC1)c1[nH]c2cc(Cl)cc3c2c1-c1c(-c2ccccc2)ncn1C3c1ccc(Cl)cc1. The van der Waals surface area contributed by atoms with Gasteiger partial charge in [0.2, 0.25) is 0 Å². The monoisotopic (exact) mass is 701 g/mol. The average molecular weight is 703 g/mol. The quantitative estimate of drug-likeness (QED) is 0.181. The van der Waals surface area contributed by atoms with E-state index in [0.29, 0.717) is 27.5 Å². The number of aromatic nitrogens is 4. The zero-order valence-electron chi connectivity index (χ0n) is 27.6. The van der Waals surface area contributed by atoms with Gasteiger partial charge in [-0.25, -0.2) is 9.97 Å². The Morgan fingerprint density at radius 2 is 1.62 bits per heavy atom. The molecule has 3 aromatic heterocycles. The number of carbonyl (C=O) groups excluding carboxylic acids is 1. The van der Waals surface area contributed by atoms with Gasteiger partial charge in [-0.1, -0.05) is 84.9 Å². The first-order chi connectivity index (χ1) is 24.5. The van der Waals surface area contributed by atoms with Crippen LogP contribution in [0.5, 0.6) is 0 Å². The van der Waals surface area contributed by atoms with Crippen LogP contribution in [0.4, 0.5) is 11.5 Å². The number of halogens is 2. The second-order valence-electron chi connectivity index (χ2n) is 13.6. The third-order valence-corrected chi connectivity index (χ3v) is 11.2. The molecule has 1 amide bonds. The van der Waals surface area contributed by atoms with Crippen molar-refractivity contribution >= 4 is 51.5 Å². The van der Waals surface area contributed by atoms with Crippen LogP contribution in [0.3, 0.4) is 0 Å². The lowest BCUT2D eigenvalue weighted by Gasteiger charge is -2.41. The predicted molar refractivity (Wildman–Crippen MR) is 202 cm³/mol. The van der Waals surface area contributed by atoms with Gasteiger partial charge in [0.05, 0.1) is 29.4 Å². The second-order valence-corrected chi connectivity index (χ2v) is 14.5. The summed E-state index contributed by atoms with van der Waals surface area (Å²) >= 11 is 13.1. The number of hydrogen-bond acceptors (Lipinski definition) is 5. The Kier molecular flexibility index (Phi) is 8.10. The molecule has 10 heteroatoms. The Morgan fingerprint density at radius 1 is 0.840 bits per heavy atom. The maximum absolute atomic E-state index is 14.6. The van der Waals surface area contributed by atoms with Crippen LogP contribution in [0.25, 0.3) is 33.4 Å². The number of pyridine rings is 1. The van der Waals surface area contributed by atoms with E-state index in [4.69, 9.17) is 33.2 Å². The molecule has 2 fully saturated rings. The minimum absolute atomic E-state index is 0.232. The molecule has 5 heterocycles. The Balaban J connectivity index is 1.12. The largest absolute Gasteiger partial charge is 0.352 e. The summed E-state index contributed by atoms with van der Waals surface area (Å²) in [6.07, 6.45) is 10.3. The topological polar surface area (TPSA) is 82.1 Å². The fourth-order valence-electron chi connectivity index (χ4n) is 8.37. The summed E-state index contributed by atoms with van der Waals surface area (Å²) in [4.78, 5) is 32.8. The van der Waals surface area contributed by atoms with Gasteiger partial charge >= 0.3 is 0 Å². The van der Waals surface area contributed by atoms with E-state index in [0.717, 1.165) is 76.5 Å². The second kappa shape index (κ2) is 12.9. The first-order valence-corrected chi connectivity index (χ1v) is 18.3. The molecule has 1 saturated heterocycles. The maximum atomic E-state index is 14.6. The van der Waals surface area contributed by atoms with E-state index in [1.807, 2.05) is 73.1 Å². The van der Waals surface area contributed by atoms with Gasteiger partial charge < -0.3 is 19.8 Å². The van der Waals surface area contributed by atoms with Gasteiger partial charge in [0.25, 0.3) is 5.91 Å². The number of rotatable bonds is 6. The van der Waals surface area contributed by atoms with Crippen LogP contribution >= 0.6 is 23.2 Å². The standard InChI is InChI=1S/C40H37Cl2N7O/c41-27-15-13-26(14-16-27)37-30-22-28(42)23-32-33(30)34(38-35(44-24-49(37)38)25-8-3-1-4-9-25)36(45-32)40(50)46-31-12-7-17-43-39(31)48-20-18-47(19-21-48)29-10-5-2-6-11-29/h1,3-4,7-9,12-17,22-24,29,37,45H,2,5-6,10-11,18-21H2,(H,46,50). The number of H-pyrrole nitrogens is 1. The number of nitrogens with zero attached hydrogens (tertiary/aromatic N) is 5. The molecule has 3 aliphatic rings. The van der Waals surface area contributed by atoms with E-state index < -0.39 is 0 Å². The fourth-order valence-corrected chi connectivity index (χ4v) is 8.73. The Labute approximate surface area is 301 Å². The molecule has 1 unspecified atom stereocenters. The van der Waals surface area contributed by atoms with Gasteiger partial charge in [-0.2, -0.15) is 0 Å². The molecule has 0 spiro atoms. The summed E-state index contributed by atoms with van der Waals surface area (Å²) in [5, 5.41) is 5.46. The highest BCUT2D eigenvalue weighted by Gasteiger charge is 2.36. The number of fused-ring (bicyclic) bond motifs is 2. The average Bonchev–Trinajstić information content (AvgIpc) is 3.76. The van der Waals surface area contributed by atoms with Gasteiger partial charge in [-0.3, -0.25) is 9.69 Å². The van der Waals surface area contributed by atoms with Gasteiger partial charge in [-0.05, 0) is 60.4 Å². The number of hydrogen-bond donors (Lipinski definition) is 2. The highest BCUT2D eigenvalue weighted by atomic mass is 35.5. The van der Waals surface area contributed by atoms with Crippen molar-refractivity contribution in [2.45, 2.75) is 44.2 Å². The molecule has 8 nitrogen and oxygen atoms in total. The molecule has 50 heavy (non-hydrogen) atoms. The van der Waals surface area contributed by atoms with E-state index in [9.17, 15) is 4.79 Å². The molecule has 9 rings (SSSR count). The summed E-state index contributed by atoms with van der Waals surface area (Å²) in [7, 11) is 0. The summed E-state index contributed by atoms with van der Waals surface area (Å²) in [5.74, 6) is 0.556. The molecule has 1 atom stereocenters. The molecule has 2 N–H and O–H groups in total. The summed E-state index contributed by atoms with van der Waals surface area (Å²) in [6, 6.07) is 26.2. The number of imidazole rings is 1. The molecule has 3 aromatic carbocycles. The van der Waals surface area contributed by atoms with E-state index in [-0.39, 0.29) is 11.9 Å². The number of benzene rings is 3. The molecule has 6 aromatic rings. The minimum Gasteiger partial charge on any atom is -0.352 e. The highest BCUT2D eigenvalue weighted by molar-refractivity contribution is 6.32. The zero-order valence-corrected chi connectivity index (χ0v) is 29.1. The molecule has 1 aliphatic carbocycles. The van der Waals surface area contributed by atoms with Gasteiger partial charge in [0.15, 0.2) is 5.82 Å². The summed E-state index contributed by atoms with van der Waals surface area (Å²) in [6.45, 7) is 3.76. The zero-order chi connectivity index (χ0) is 33.8. The van der Waals surface area contributed by atoms with Crippen molar-refractivity contribution in [3.05, 3.63) is 118 Å². The van der Waals surface area contributed by atoms with Crippen LogP contribution in [0, 0.1) is 0 Å². The number of amides is 1. The van der Waals surface area contributed by atoms with Crippen molar-refractivity contribution in [1.29, 1.82) is 0 Å². The number of anilines is 2. The first kappa shape index (κ1) is 31.4. The lowest BCUT2D eigenvalue weighted by Crippen LogP contribution is -2.51. The van der Waals surface area contributed by atoms with Gasteiger partial charge in [0.1, 0.15) is 5.69 Å². The van der Waals surface area contributed by atoms with E-state index >= 15 is 0 Å². The molecule has 1 saturated carbocycles. The lowest BCUT2D eigenvalue weighted by atomic mass is 9.88. The van der Waals surface area contributed by atoms with Crippen molar-refractivity contribution in [3.63, 3.8) is 0 Å². The van der Waals surface area contributed by atoms with Crippen molar-refractivity contribution in [1.82, 2.24) is 24.4 Å². The number of piperazine rings is 1. The van der Waals surface area contributed by atoms with Crippen LogP contribution in [-0.4, -0.2) is 62.5 Å². The van der Waals surface area contributed by atoms with E-state index in [1.165, 1.54) is 32.1 Å². The summed E-state index contributed by atoms with van der Waals surface area (Å²) in [5.41, 5.74) is 7.41. The van der Waals surface area contributed by atoms with Crippen molar-refractivity contribution in [2.75, 3.05) is 36.4 Å². The first-order valence-electron chi connectivity index (χ1n) is 17.5. The van der Waals surface area contributed by atoms with E-state index in [1.54, 1.807) is 6.20 Å². The van der Waals surface area contributed by atoms with Crippen molar-refractivity contribution in [3.8, 4) is 22.5 Å². The molecule has 2 aliphatic heterocycles. The minimum atomic E-state index is -0.245. The third kappa shape index (κ3) is 5.46. The summed E-state index contributed by atoms with van der Waals surface area (Å²) < 4.78 is 2.16. The van der Waals surface area contributed by atoms with Crippen LogP contribution in [0.2, 0.25) is 10.0 Å². The van der Waals surface area contributed by atoms with Gasteiger partial charge in [-0.15, -0.1) is 0 Å². The lowest BCUT2D eigenvalue weighted by molar-refractivity contribution is 0.102.